The van der Waals surface area contributed by atoms with Crippen LogP contribution in [0.25, 0.3) is 10.6 Å². The maximum absolute atomic E-state index is 12.9. The zero-order chi connectivity index (χ0) is 20.5. The quantitative estimate of drug-likeness (QED) is 0.727. The lowest BCUT2D eigenvalue weighted by Crippen LogP contribution is -2.47. The second-order valence-electron chi connectivity index (χ2n) is 7.39. The Bertz CT molecular complexity index is 826. The van der Waals surface area contributed by atoms with Gasteiger partial charge < -0.3 is 9.80 Å². The highest BCUT2D eigenvalue weighted by Gasteiger charge is 2.31. The SMILES string of the molecule is CC(C)N1CCC(N(C)C(=O)c2csc(-c3cccc(C(F)(F)F)c3)n2)CC1. The highest BCUT2D eigenvalue weighted by molar-refractivity contribution is 7.13. The van der Waals surface area contributed by atoms with Crippen LogP contribution in [-0.2, 0) is 6.18 Å². The van der Waals surface area contributed by atoms with Crippen molar-refractivity contribution in [2.75, 3.05) is 20.1 Å². The van der Waals surface area contributed by atoms with Gasteiger partial charge in [-0.05, 0) is 38.8 Å². The molecule has 2 heterocycles. The van der Waals surface area contributed by atoms with E-state index in [4.69, 9.17) is 0 Å². The number of carbonyl (C=O) groups is 1. The number of thiazole rings is 1. The van der Waals surface area contributed by atoms with Crippen LogP contribution in [0.3, 0.4) is 0 Å². The van der Waals surface area contributed by atoms with E-state index in [9.17, 15) is 18.0 Å². The van der Waals surface area contributed by atoms with Crippen molar-refractivity contribution in [3.8, 4) is 10.6 Å². The highest BCUT2D eigenvalue weighted by Crippen LogP contribution is 2.33. The Morgan fingerprint density at radius 3 is 2.57 bits per heavy atom. The van der Waals surface area contributed by atoms with Gasteiger partial charge in [0.1, 0.15) is 10.7 Å². The molecule has 4 nitrogen and oxygen atoms in total. The van der Waals surface area contributed by atoms with Crippen LogP contribution >= 0.6 is 11.3 Å². The van der Waals surface area contributed by atoms with Gasteiger partial charge in [0, 0.05) is 43.2 Å². The first-order chi connectivity index (χ1) is 13.2. The average Bonchev–Trinajstić information content (AvgIpc) is 3.16. The molecule has 1 amide bonds. The number of likely N-dealkylation sites (tertiary alicyclic amines) is 1. The van der Waals surface area contributed by atoms with Crippen molar-refractivity contribution in [1.82, 2.24) is 14.8 Å². The molecule has 8 heteroatoms. The van der Waals surface area contributed by atoms with E-state index in [1.165, 1.54) is 17.4 Å². The third-order valence-corrected chi connectivity index (χ3v) is 6.15. The number of amides is 1. The van der Waals surface area contributed by atoms with Gasteiger partial charge in [0.05, 0.1) is 5.56 Å². The fourth-order valence-corrected chi connectivity index (χ4v) is 4.26. The molecule has 2 aromatic rings. The van der Waals surface area contributed by atoms with Gasteiger partial charge in [0.25, 0.3) is 5.91 Å². The molecule has 1 fully saturated rings. The number of aromatic nitrogens is 1. The highest BCUT2D eigenvalue weighted by atomic mass is 32.1. The number of nitrogens with zero attached hydrogens (tertiary/aromatic N) is 3. The van der Waals surface area contributed by atoms with Gasteiger partial charge in [-0.15, -0.1) is 11.3 Å². The van der Waals surface area contributed by atoms with Gasteiger partial charge in [-0.1, -0.05) is 12.1 Å². The number of carbonyl (C=O) groups excluding carboxylic acids is 1. The fourth-order valence-electron chi connectivity index (χ4n) is 3.47. The Morgan fingerprint density at radius 1 is 1.29 bits per heavy atom. The van der Waals surface area contributed by atoms with Crippen molar-refractivity contribution in [2.45, 2.75) is 44.9 Å². The lowest BCUT2D eigenvalue weighted by molar-refractivity contribution is -0.137. The molecule has 28 heavy (non-hydrogen) atoms. The van der Waals surface area contributed by atoms with Crippen molar-refractivity contribution < 1.29 is 18.0 Å². The van der Waals surface area contributed by atoms with Crippen molar-refractivity contribution in [1.29, 1.82) is 0 Å². The number of hydrogen-bond acceptors (Lipinski definition) is 4. The molecule has 0 aliphatic carbocycles. The summed E-state index contributed by atoms with van der Waals surface area (Å²) in [7, 11) is 1.78. The molecule has 0 N–H and O–H groups in total. The Labute approximate surface area is 167 Å². The Balaban J connectivity index is 1.71. The zero-order valence-electron chi connectivity index (χ0n) is 16.2. The molecule has 1 aliphatic rings. The first-order valence-electron chi connectivity index (χ1n) is 9.31. The predicted octanol–water partition coefficient (Wildman–Crippen LogP) is 4.77. The molecule has 1 aromatic heterocycles. The lowest BCUT2D eigenvalue weighted by Gasteiger charge is -2.38. The minimum Gasteiger partial charge on any atom is -0.337 e. The Kier molecular flexibility index (Phi) is 6.09. The first kappa shape index (κ1) is 20.8. The summed E-state index contributed by atoms with van der Waals surface area (Å²) in [6, 6.07) is 5.68. The molecule has 1 aromatic carbocycles. The number of rotatable bonds is 4. The number of alkyl halides is 3. The largest absolute Gasteiger partial charge is 0.416 e. The van der Waals surface area contributed by atoms with Gasteiger partial charge >= 0.3 is 6.18 Å². The van der Waals surface area contributed by atoms with E-state index in [1.54, 1.807) is 23.4 Å². The van der Waals surface area contributed by atoms with Crippen molar-refractivity contribution >= 4 is 17.2 Å². The summed E-state index contributed by atoms with van der Waals surface area (Å²) in [5, 5.41) is 2.04. The normalized spacial score (nSPS) is 16.5. The molecule has 0 saturated carbocycles. The molecule has 1 aliphatic heterocycles. The van der Waals surface area contributed by atoms with E-state index < -0.39 is 11.7 Å². The summed E-state index contributed by atoms with van der Waals surface area (Å²) in [6.45, 7) is 6.23. The van der Waals surface area contributed by atoms with E-state index in [2.05, 4.69) is 23.7 Å². The second kappa shape index (κ2) is 8.21. The smallest absolute Gasteiger partial charge is 0.337 e. The summed E-state index contributed by atoms with van der Waals surface area (Å²) in [5.41, 5.74) is -0.0694. The molecule has 0 unspecified atom stereocenters. The van der Waals surface area contributed by atoms with E-state index in [1.807, 2.05) is 0 Å². The Morgan fingerprint density at radius 2 is 1.96 bits per heavy atom. The maximum atomic E-state index is 12.9. The number of benzene rings is 1. The molecule has 0 radical (unpaired) electrons. The molecule has 3 rings (SSSR count). The zero-order valence-corrected chi connectivity index (χ0v) is 17.0. The standard InChI is InChI=1S/C20H24F3N3OS/c1-13(2)26-9-7-16(8-10-26)25(3)19(27)17-12-28-18(24-17)14-5-4-6-15(11-14)20(21,22)23/h4-6,11-13,16H,7-10H2,1-3H3. The molecule has 1 saturated heterocycles. The summed E-state index contributed by atoms with van der Waals surface area (Å²) in [6.07, 6.45) is -2.59. The van der Waals surface area contributed by atoms with Crippen LogP contribution in [0.15, 0.2) is 29.6 Å². The van der Waals surface area contributed by atoms with Crippen LogP contribution in [0.2, 0.25) is 0 Å². The molecular formula is C20H24F3N3OS. The summed E-state index contributed by atoms with van der Waals surface area (Å²) in [4.78, 5) is 21.2. The van der Waals surface area contributed by atoms with Crippen LogP contribution < -0.4 is 0 Å². The first-order valence-corrected chi connectivity index (χ1v) is 10.2. The van der Waals surface area contributed by atoms with Crippen LogP contribution in [0.4, 0.5) is 13.2 Å². The minimum absolute atomic E-state index is 0.154. The Hall–Kier alpha value is -1.93. The van der Waals surface area contributed by atoms with E-state index in [0.29, 0.717) is 16.6 Å². The second-order valence-corrected chi connectivity index (χ2v) is 8.25. The number of hydrogen-bond donors (Lipinski definition) is 0. The molecule has 0 bridgehead atoms. The van der Waals surface area contributed by atoms with E-state index >= 15 is 0 Å². The van der Waals surface area contributed by atoms with Gasteiger partial charge in [0.2, 0.25) is 0 Å². The summed E-state index contributed by atoms with van der Waals surface area (Å²) < 4.78 is 38.8. The van der Waals surface area contributed by atoms with Crippen molar-refractivity contribution in [2.24, 2.45) is 0 Å². The summed E-state index contributed by atoms with van der Waals surface area (Å²) >= 11 is 1.18. The van der Waals surface area contributed by atoms with E-state index in [-0.39, 0.29) is 17.6 Å². The van der Waals surface area contributed by atoms with Crippen LogP contribution in [-0.4, -0.2) is 52.9 Å². The third kappa shape index (κ3) is 4.55. The van der Waals surface area contributed by atoms with Crippen molar-refractivity contribution in [3.05, 3.63) is 40.9 Å². The van der Waals surface area contributed by atoms with Crippen LogP contribution in [0.5, 0.6) is 0 Å². The monoisotopic (exact) mass is 411 g/mol. The fraction of sp³-hybridized carbons (Fsp3) is 0.500. The van der Waals surface area contributed by atoms with Gasteiger partial charge in [0.15, 0.2) is 0 Å². The molecular weight excluding hydrogens is 387 g/mol. The van der Waals surface area contributed by atoms with Gasteiger partial charge in [-0.25, -0.2) is 4.98 Å². The average molecular weight is 411 g/mol. The topological polar surface area (TPSA) is 36.4 Å². The minimum atomic E-state index is -4.41. The van der Waals surface area contributed by atoms with Crippen LogP contribution in [0.1, 0.15) is 42.7 Å². The molecule has 0 spiro atoms. The van der Waals surface area contributed by atoms with E-state index in [0.717, 1.165) is 38.1 Å². The maximum Gasteiger partial charge on any atom is 0.416 e. The number of piperidine rings is 1. The van der Waals surface area contributed by atoms with Gasteiger partial charge in [-0.2, -0.15) is 13.2 Å². The third-order valence-electron chi connectivity index (χ3n) is 5.26. The van der Waals surface area contributed by atoms with Crippen molar-refractivity contribution in [3.63, 3.8) is 0 Å². The predicted molar refractivity (Wildman–Crippen MR) is 104 cm³/mol. The number of halogens is 3. The molecule has 152 valence electrons. The van der Waals surface area contributed by atoms with Crippen LogP contribution in [0, 0.1) is 0 Å². The molecule has 0 atom stereocenters. The lowest BCUT2D eigenvalue weighted by atomic mass is 10.0. The summed E-state index contributed by atoms with van der Waals surface area (Å²) in [5.74, 6) is -0.183. The van der Waals surface area contributed by atoms with Gasteiger partial charge in [-0.3, -0.25) is 4.79 Å².